The number of carbonyl (C=O) groups is 1. The fourth-order valence-corrected chi connectivity index (χ4v) is 4.23. The number of rotatable bonds is 8. The Hall–Kier alpha value is -4.72. The fourth-order valence-electron chi connectivity index (χ4n) is 4.23. The Morgan fingerprint density at radius 3 is 2.54 bits per heavy atom. The van der Waals surface area contributed by atoms with Gasteiger partial charge in [0.1, 0.15) is 22.6 Å². The first-order valence-electron chi connectivity index (χ1n) is 12.1. The van der Waals surface area contributed by atoms with Crippen molar-refractivity contribution in [3.05, 3.63) is 95.6 Å². The zero-order valence-corrected chi connectivity index (χ0v) is 20.8. The summed E-state index contributed by atoms with van der Waals surface area (Å²) < 4.78 is 6.77. The molecule has 0 spiro atoms. The lowest BCUT2D eigenvalue weighted by molar-refractivity contribution is 0.0940. The molecule has 2 aromatic heterocycles. The highest BCUT2D eigenvalue weighted by Crippen LogP contribution is 2.28. The Kier molecular flexibility index (Phi) is 6.81. The first-order valence-corrected chi connectivity index (χ1v) is 12.1. The van der Waals surface area contributed by atoms with E-state index < -0.39 is 0 Å². The number of nitrogens with zero attached hydrogens (tertiary/aromatic N) is 4. The van der Waals surface area contributed by atoms with E-state index in [4.69, 9.17) is 20.4 Å². The molecule has 8 nitrogen and oxygen atoms in total. The van der Waals surface area contributed by atoms with Gasteiger partial charge >= 0.3 is 0 Å². The van der Waals surface area contributed by atoms with Gasteiger partial charge < -0.3 is 15.8 Å². The van der Waals surface area contributed by atoms with Gasteiger partial charge in [0, 0.05) is 6.04 Å². The number of anilines is 1. The number of aryl methyl sites for hydroxylation is 1. The number of benzene rings is 3. The van der Waals surface area contributed by atoms with Crippen molar-refractivity contribution >= 4 is 40.1 Å². The maximum absolute atomic E-state index is 13.5. The molecule has 5 rings (SSSR count). The van der Waals surface area contributed by atoms with Crippen LogP contribution in [0.1, 0.15) is 34.8 Å². The number of ether oxygens (including phenoxy) is 1. The van der Waals surface area contributed by atoms with E-state index in [0.717, 1.165) is 18.4 Å². The standard InChI is InChI=1S/C29H28N6O2/c1-19(15-16-20-9-4-3-5-10-20)32-29(36)25-26-28(34-24-14-7-6-13-23(24)33-26)35(27(25)30)31-18-21-11-8-12-22(17-21)37-2/h3-14,17-19H,15-16,30H2,1-2H3,(H,32,36)/t19-/m1/s1. The van der Waals surface area contributed by atoms with Crippen molar-refractivity contribution in [1.29, 1.82) is 0 Å². The largest absolute Gasteiger partial charge is 0.497 e. The molecule has 3 aromatic carbocycles. The van der Waals surface area contributed by atoms with Crippen molar-refractivity contribution in [2.24, 2.45) is 5.10 Å². The molecule has 186 valence electrons. The summed E-state index contributed by atoms with van der Waals surface area (Å²) in [5, 5.41) is 7.65. The SMILES string of the molecule is COc1cccc(C=Nn2c(N)c(C(=O)N[C@H](C)CCc3ccccc3)c3nc4ccccc4nc32)c1. The Balaban J connectivity index is 1.50. The maximum Gasteiger partial charge on any atom is 0.257 e. The molecule has 0 saturated heterocycles. The molecule has 8 heteroatoms. The van der Waals surface area contributed by atoms with E-state index in [9.17, 15) is 4.79 Å². The van der Waals surface area contributed by atoms with Crippen LogP contribution in [0.15, 0.2) is 84.0 Å². The zero-order chi connectivity index (χ0) is 25.8. The van der Waals surface area contributed by atoms with E-state index in [-0.39, 0.29) is 23.3 Å². The second-order valence-corrected chi connectivity index (χ2v) is 8.88. The molecule has 3 N–H and O–H groups in total. The molecule has 0 saturated carbocycles. The van der Waals surface area contributed by atoms with Crippen molar-refractivity contribution in [2.75, 3.05) is 12.8 Å². The molecule has 0 aliphatic heterocycles. The van der Waals surface area contributed by atoms with Gasteiger partial charge in [0.15, 0.2) is 5.65 Å². The predicted molar refractivity (Wildman–Crippen MR) is 147 cm³/mol. The molecule has 0 aliphatic carbocycles. The summed E-state index contributed by atoms with van der Waals surface area (Å²) in [7, 11) is 1.61. The molecular weight excluding hydrogens is 464 g/mol. The highest BCUT2D eigenvalue weighted by Gasteiger charge is 2.25. The molecule has 1 atom stereocenters. The number of hydrogen-bond acceptors (Lipinski definition) is 6. The number of nitrogen functional groups attached to an aromatic ring is 1. The molecule has 1 amide bonds. The Bertz CT molecular complexity index is 1590. The summed E-state index contributed by atoms with van der Waals surface area (Å²) in [4.78, 5) is 23.0. The Morgan fingerprint density at radius 1 is 1.05 bits per heavy atom. The van der Waals surface area contributed by atoms with E-state index in [2.05, 4.69) is 22.6 Å². The topological polar surface area (TPSA) is 107 Å². The van der Waals surface area contributed by atoms with Crippen LogP contribution < -0.4 is 15.8 Å². The molecule has 2 heterocycles. The lowest BCUT2D eigenvalue weighted by Crippen LogP contribution is -2.33. The number of para-hydroxylation sites is 2. The third-order valence-corrected chi connectivity index (χ3v) is 6.20. The van der Waals surface area contributed by atoms with Gasteiger partial charge in [-0.2, -0.15) is 9.78 Å². The van der Waals surface area contributed by atoms with E-state index in [1.165, 1.54) is 10.2 Å². The van der Waals surface area contributed by atoms with Crippen LogP contribution in [0.2, 0.25) is 0 Å². The van der Waals surface area contributed by atoms with Gasteiger partial charge in [0.25, 0.3) is 5.91 Å². The first-order chi connectivity index (χ1) is 18.0. The summed E-state index contributed by atoms with van der Waals surface area (Å²) >= 11 is 0. The first kappa shape index (κ1) is 24.0. The van der Waals surface area contributed by atoms with Crippen LogP contribution in [0.5, 0.6) is 5.75 Å². The summed E-state index contributed by atoms with van der Waals surface area (Å²) in [5.41, 5.74) is 11.0. The van der Waals surface area contributed by atoms with E-state index >= 15 is 0 Å². The molecule has 0 unspecified atom stereocenters. The van der Waals surface area contributed by atoms with Crippen molar-refractivity contribution in [1.82, 2.24) is 20.0 Å². The van der Waals surface area contributed by atoms with E-state index in [0.29, 0.717) is 27.9 Å². The Morgan fingerprint density at radius 2 is 1.78 bits per heavy atom. The molecule has 0 radical (unpaired) electrons. The van der Waals surface area contributed by atoms with Crippen LogP contribution in [0.3, 0.4) is 0 Å². The summed E-state index contributed by atoms with van der Waals surface area (Å²) in [6, 6.07) is 25.1. The molecule has 0 aliphatic rings. The van der Waals surface area contributed by atoms with Crippen LogP contribution in [-0.2, 0) is 6.42 Å². The number of fused-ring (bicyclic) bond motifs is 2. The van der Waals surface area contributed by atoms with Gasteiger partial charge in [0.2, 0.25) is 0 Å². The van der Waals surface area contributed by atoms with Gasteiger partial charge in [-0.15, -0.1) is 0 Å². The van der Waals surface area contributed by atoms with Gasteiger partial charge in [-0.3, -0.25) is 4.79 Å². The van der Waals surface area contributed by atoms with Crippen LogP contribution in [0, 0.1) is 0 Å². The number of methoxy groups -OCH3 is 1. The van der Waals surface area contributed by atoms with Gasteiger partial charge in [-0.05, 0) is 55.2 Å². The number of aromatic nitrogens is 3. The second-order valence-electron chi connectivity index (χ2n) is 8.88. The molecular formula is C29H28N6O2. The quantitative estimate of drug-likeness (QED) is 0.302. The number of nitrogens with one attached hydrogen (secondary N) is 1. The van der Waals surface area contributed by atoms with Crippen molar-refractivity contribution < 1.29 is 9.53 Å². The van der Waals surface area contributed by atoms with Crippen LogP contribution in [0.4, 0.5) is 5.82 Å². The monoisotopic (exact) mass is 492 g/mol. The highest BCUT2D eigenvalue weighted by molar-refractivity contribution is 6.10. The lowest BCUT2D eigenvalue weighted by Gasteiger charge is -2.14. The normalized spacial score (nSPS) is 12.3. The lowest BCUT2D eigenvalue weighted by atomic mass is 10.1. The predicted octanol–water partition coefficient (Wildman–Crippen LogP) is 4.81. The third-order valence-electron chi connectivity index (χ3n) is 6.20. The second kappa shape index (κ2) is 10.5. The van der Waals surface area contributed by atoms with E-state index in [1.54, 1.807) is 13.3 Å². The van der Waals surface area contributed by atoms with Gasteiger partial charge in [-0.1, -0.05) is 54.6 Å². The summed E-state index contributed by atoms with van der Waals surface area (Å²) in [6.07, 6.45) is 3.30. The average Bonchev–Trinajstić information content (AvgIpc) is 3.19. The number of carbonyl (C=O) groups excluding carboxylic acids is 1. The van der Waals surface area contributed by atoms with Crippen LogP contribution in [0.25, 0.3) is 22.2 Å². The Labute approximate surface area is 214 Å². The number of nitrogens with two attached hydrogens (primary N) is 1. The molecule has 5 aromatic rings. The fraction of sp³-hybridized carbons (Fsp3) is 0.172. The zero-order valence-electron chi connectivity index (χ0n) is 20.8. The number of hydrogen-bond donors (Lipinski definition) is 2. The maximum atomic E-state index is 13.5. The van der Waals surface area contributed by atoms with Gasteiger partial charge in [0.05, 0.1) is 24.4 Å². The minimum Gasteiger partial charge on any atom is -0.497 e. The molecule has 0 fully saturated rings. The average molecular weight is 493 g/mol. The van der Waals surface area contributed by atoms with Crippen LogP contribution >= 0.6 is 0 Å². The minimum atomic E-state index is -0.303. The smallest absolute Gasteiger partial charge is 0.257 e. The van der Waals surface area contributed by atoms with Crippen LogP contribution in [-0.4, -0.2) is 39.9 Å². The minimum absolute atomic E-state index is 0.0702. The van der Waals surface area contributed by atoms with Gasteiger partial charge in [-0.25, -0.2) is 9.97 Å². The molecule has 0 bridgehead atoms. The molecule has 37 heavy (non-hydrogen) atoms. The summed E-state index contributed by atoms with van der Waals surface area (Å²) in [5.74, 6) is 0.588. The number of amides is 1. The van der Waals surface area contributed by atoms with Crippen molar-refractivity contribution in [3.63, 3.8) is 0 Å². The van der Waals surface area contributed by atoms with E-state index in [1.807, 2.05) is 73.7 Å². The van der Waals surface area contributed by atoms with Crippen molar-refractivity contribution in [2.45, 2.75) is 25.8 Å². The summed E-state index contributed by atoms with van der Waals surface area (Å²) in [6.45, 7) is 1.98. The third kappa shape index (κ3) is 5.13. The van der Waals surface area contributed by atoms with Crippen molar-refractivity contribution in [3.8, 4) is 5.75 Å². The highest BCUT2D eigenvalue weighted by atomic mass is 16.5.